The van der Waals surface area contributed by atoms with E-state index in [4.69, 9.17) is 29.4 Å². The van der Waals surface area contributed by atoms with E-state index in [0.29, 0.717) is 0 Å². The number of hydrogen-bond donors (Lipinski definition) is 0. The zero-order chi connectivity index (χ0) is 74.1. The molecule has 64 heavy (non-hydrogen) atoms. The quantitative estimate of drug-likeness (QED) is 0.173. The van der Waals surface area contributed by atoms with E-state index in [9.17, 15) is 30.2 Å². The number of anilines is 3. The maximum atomic E-state index is 10.3. The number of fused-ring (bicyclic) bond motifs is 16. The van der Waals surface area contributed by atoms with Gasteiger partial charge in [0.05, 0.1) is 61.8 Å². The molecule has 0 saturated carbocycles. The average molecular weight is 853 g/mol. The van der Waals surface area contributed by atoms with E-state index < -0.39 is 357 Å². The van der Waals surface area contributed by atoms with Crippen LogP contribution >= 0.6 is 0 Å². The van der Waals surface area contributed by atoms with Crippen LogP contribution in [0.1, 0.15) is 73.0 Å². The van der Waals surface area contributed by atoms with Crippen molar-refractivity contribution in [2.75, 3.05) is 4.90 Å². The van der Waals surface area contributed by atoms with Gasteiger partial charge in [-0.05, 0) is 92.4 Å². The van der Waals surface area contributed by atoms with Crippen molar-refractivity contribution in [2.45, 2.75) is 5.41 Å². The summed E-state index contributed by atoms with van der Waals surface area (Å²) in [6.07, 6.45) is 0. The SMILES string of the molecule is [2H]c1c([2H])c([2H])c2c(c1[2H])-c1c([2H])c([2H])c([2H])c([2H])c1C21c2c([2H])c([2H])c([2H])c([2H])c2-c2c([2H])c([2H])c([2H])c(N(c3c([2H])c([2H])c(-c4c([2H])c([2H])c([2H])c5c4oc4c([2H])c([2H])c([2H])c([2H])c45)c([2H])c3[2H])c3c([2H])c([2H])c(-c4c([2H])c([2H])c([2H])c5c4oc4c([2H])c([2H])c([2H])c([2H])c45)c([2H])c3[2H])c21. The molecule has 298 valence electrons. The molecule has 2 heterocycles. The predicted molar refractivity (Wildman–Crippen MR) is 263 cm³/mol. The van der Waals surface area contributed by atoms with Crippen LogP contribution in [0.2, 0.25) is 0 Å². The lowest BCUT2D eigenvalue weighted by molar-refractivity contribution is 0.669. The van der Waals surface area contributed by atoms with Crippen molar-refractivity contribution in [1.29, 1.82) is 0 Å². The fourth-order valence-electron chi connectivity index (χ4n) is 8.64. The molecule has 2 aliphatic rings. The summed E-state index contributed by atoms with van der Waals surface area (Å²) in [5, 5.41) is -2.19. The van der Waals surface area contributed by atoms with Gasteiger partial charge in [0, 0.05) is 49.6 Å². The molecule has 10 aromatic carbocycles. The molecule has 0 bridgehead atoms. The van der Waals surface area contributed by atoms with Gasteiger partial charge in [0.15, 0.2) is 0 Å². The minimum atomic E-state index is -3.26. The number of hydrogen-bond acceptors (Lipinski definition) is 3. The van der Waals surface area contributed by atoms with Gasteiger partial charge in [-0.15, -0.1) is 0 Å². The third-order valence-corrected chi connectivity index (χ3v) is 11.2. The van der Waals surface area contributed by atoms with E-state index in [1.54, 1.807) is 0 Å². The Bertz CT molecular complexity index is 5690. The van der Waals surface area contributed by atoms with Crippen molar-refractivity contribution in [2.24, 2.45) is 0 Å². The molecule has 3 heteroatoms. The van der Waals surface area contributed by atoms with Gasteiger partial charge in [0.2, 0.25) is 0 Å². The predicted octanol–water partition coefficient (Wildman–Crippen LogP) is 16.6. The summed E-state index contributed by atoms with van der Waals surface area (Å²) in [4.78, 5) is 0.282. The van der Waals surface area contributed by atoms with Crippen LogP contribution in [-0.4, -0.2) is 0 Å². The molecular formula is C61H37NO2. The molecule has 0 amide bonds. The van der Waals surface area contributed by atoms with Gasteiger partial charge in [0.25, 0.3) is 0 Å². The maximum Gasteiger partial charge on any atom is 0.143 e. The van der Waals surface area contributed by atoms with Gasteiger partial charge in [-0.3, -0.25) is 0 Å². The van der Waals surface area contributed by atoms with Crippen molar-refractivity contribution >= 4 is 60.9 Å². The second-order valence-corrected chi connectivity index (χ2v) is 14.3. The Morgan fingerprint density at radius 1 is 0.328 bits per heavy atom. The first kappa shape index (κ1) is 14.9. The van der Waals surface area contributed by atoms with Crippen LogP contribution in [0.3, 0.4) is 0 Å². The van der Waals surface area contributed by atoms with Crippen LogP contribution in [0.15, 0.2) is 232 Å². The Balaban J connectivity index is 1.23. The van der Waals surface area contributed by atoms with Crippen LogP contribution in [0.25, 0.3) is 88.4 Å². The van der Waals surface area contributed by atoms with E-state index in [-0.39, 0.29) is 4.90 Å². The number of para-hydroxylation sites is 4. The van der Waals surface area contributed by atoms with Gasteiger partial charge in [-0.2, -0.15) is 0 Å². The van der Waals surface area contributed by atoms with E-state index >= 15 is 0 Å². The maximum absolute atomic E-state index is 10.3. The van der Waals surface area contributed by atoms with Gasteiger partial charge >= 0.3 is 0 Å². The largest absolute Gasteiger partial charge is 0.455 e. The summed E-state index contributed by atoms with van der Waals surface area (Å²) in [5.41, 5.74) is -20.9. The van der Waals surface area contributed by atoms with Gasteiger partial charge < -0.3 is 13.7 Å². The smallest absolute Gasteiger partial charge is 0.143 e. The first-order valence-electron chi connectivity index (χ1n) is 37.5. The van der Waals surface area contributed by atoms with Crippen LogP contribution in [0.5, 0.6) is 0 Å². The molecule has 0 radical (unpaired) electrons. The van der Waals surface area contributed by atoms with Crippen LogP contribution < -0.4 is 4.90 Å². The lowest BCUT2D eigenvalue weighted by Gasteiger charge is -2.36. The number of nitrogens with zero attached hydrogens (tertiary/aromatic N) is 1. The highest BCUT2D eigenvalue weighted by atomic mass is 16.3. The molecule has 1 spiro atoms. The average Bonchev–Trinajstić information content (AvgIpc) is 1.47. The molecule has 0 fully saturated rings. The van der Waals surface area contributed by atoms with E-state index in [2.05, 4.69) is 0 Å². The fourth-order valence-corrected chi connectivity index (χ4v) is 8.64. The third kappa shape index (κ3) is 4.76. The second-order valence-electron chi connectivity index (χ2n) is 14.3. The normalized spacial score (nSPS) is 21.2. The Kier molecular flexibility index (Phi) is 3.09. The zero-order valence-corrected chi connectivity index (χ0v) is 31.8. The summed E-state index contributed by atoms with van der Waals surface area (Å²) < 4.78 is 359. The highest BCUT2D eigenvalue weighted by molar-refractivity contribution is 6.11. The van der Waals surface area contributed by atoms with Crippen molar-refractivity contribution < 1.29 is 59.6 Å². The molecule has 2 aromatic heterocycles. The standard InChI is InChI=1S/C61H37NO2/c1-6-24-52-44(14-1)45-15-2-7-25-53(45)61(52)54-26-8-3-16-46(54)49-21-13-27-55(58(49)61)62(40-34-30-38(31-35-40)42-19-11-22-50-47-17-4-9-28-56(47)63-59(42)50)41-36-32-39(33-37-41)43-20-12-23-51-48-18-5-10-29-57(48)64-60(43)51/h1-37H/i1D,2D,3D,4D,5D,6D,7D,8D,9D,10D,11D,12D,13D,14D,15D,16D,17D,18D,19D,20D,21D,22D,23D,24D,25D,26D,27D,28D,29D,30D,31D,32D,33D,34D,35D,36D,37D. The topological polar surface area (TPSA) is 29.5 Å². The van der Waals surface area contributed by atoms with Crippen molar-refractivity contribution in [3.8, 4) is 44.5 Å². The number of benzene rings is 10. The fraction of sp³-hybridized carbons (Fsp3) is 0.0164. The second kappa shape index (κ2) is 13.3. The molecular weight excluding hydrogens is 779 g/mol. The highest BCUT2D eigenvalue weighted by Crippen LogP contribution is 2.65. The summed E-state index contributed by atoms with van der Waals surface area (Å²) in [5.74, 6) is 0. The van der Waals surface area contributed by atoms with Crippen LogP contribution in [0, 0.1) is 0 Å². The summed E-state index contributed by atoms with van der Waals surface area (Å²) in [7, 11) is 0. The summed E-state index contributed by atoms with van der Waals surface area (Å²) in [6.45, 7) is 0. The van der Waals surface area contributed by atoms with Crippen LogP contribution in [0.4, 0.5) is 17.1 Å². The Hall–Kier alpha value is -8.40. The van der Waals surface area contributed by atoms with E-state index in [1.807, 2.05) is 0 Å². The Labute approximate surface area is 421 Å². The van der Waals surface area contributed by atoms with Crippen molar-refractivity contribution in [3.63, 3.8) is 0 Å². The van der Waals surface area contributed by atoms with Gasteiger partial charge in [0.1, 0.15) is 22.3 Å². The lowest BCUT2D eigenvalue weighted by atomic mass is 9.70. The minimum Gasteiger partial charge on any atom is -0.455 e. The van der Waals surface area contributed by atoms with Crippen molar-refractivity contribution in [3.05, 3.63) is 246 Å². The highest BCUT2D eigenvalue weighted by Gasteiger charge is 2.53. The summed E-state index contributed by atoms with van der Waals surface area (Å²) >= 11 is 0. The Morgan fingerprint density at radius 2 is 0.703 bits per heavy atom. The first-order chi connectivity index (χ1) is 47.1. The van der Waals surface area contributed by atoms with Crippen molar-refractivity contribution in [1.82, 2.24) is 0 Å². The number of furan rings is 2. The molecule has 0 atom stereocenters. The zero-order valence-electron chi connectivity index (χ0n) is 68.8. The van der Waals surface area contributed by atoms with E-state index in [0.717, 1.165) is 0 Å². The monoisotopic (exact) mass is 853 g/mol. The lowest BCUT2D eigenvalue weighted by Crippen LogP contribution is -2.28. The molecule has 2 aliphatic carbocycles. The third-order valence-electron chi connectivity index (χ3n) is 11.2. The number of rotatable bonds is 5. The van der Waals surface area contributed by atoms with E-state index in [1.165, 1.54) is 0 Å². The van der Waals surface area contributed by atoms with Gasteiger partial charge in [-0.25, -0.2) is 0 Å². The van der Waals surface area contributed by atoms with Gasteiger partial charge in [-0.1, -0.05) is 181 Å². The molecule has 0 aliphatic heterocycles. The molecule has 0 saturated heterocycles. The minimum absolute atomic E-state index is 0.282. The molecule has 14 rings (SSSR count). The molecule has 3 nitrogen and oxygen atoms in total. The summed E-state index contributed by atoms with van der Waals surface area (Å²) in [6, 6.07) is -40.9. The first-order valence-corrected chi connectivity index (χ1v) is 19.0. The van der Waals surface area contributed by atoms with Crippen LogP contribution in [-0.2, 0) is 5.41 Å². The molecule has 0 unspecified atom stereocenters. The molecule has 12 aromatic rings. The molecule has 0 N–H and O–H groups in total. The Morgan fingerprint density at radius 3 is 1.20 bits per heavy atom.